The number of carbonyl (C=O) groups is 1. The molecule has 88 valence electrons. The van der Waals surface area contributed by atoms with Gasteiger partial charge >= 0.3 is 5.97 Å². The standard InChI is InChI=1S/C16H12O2/c1-11(17)18-15-8-4-6-13-10-9-12-5-2-3-7-14(12)16(13)15/h2-10H,1H3. The van der Waals surface area contributed by atoms with Crippen molar-refractivity contribution >= 4 is 27.5 Å². The topological polar surface area (TPSA) is 26.3 Å². The van der Waals surface area contributed by atoms with Gasteiger partial charge < -0.3 is 4.74 Å². The highest BCUT2D eigenvalue weighted by Gasteiger charge is 2.07. The molecule has 2 heteroatoms. The van der Waals surface area contributed by atoms with Gasteiger partial charge in [-0.25, -0.2) is 0 Å². The molecule has 0 amide bonds. The molecule has 2 nitrogen and oxygen atoms in total. The summed E-state index contributed by atoms with van der Waals surface area (Å²) in [6.07, 6.45) is 0. The molecule has 0 saturated heterocycles. The Morgan fingerprint density at radius 1 is 0.889 bits per heavy atom. The predicted octanol–water partition coefficient (Wildman–Crippen LogP) is 3.92. The van der Waals surface area contributed by atoms with Gasteiger partial charge in [0, 0.05) is 12.3 Å². The molecule has 0 unspecified atom stereocenters. The summed E-state index contributed by atoms with van der Waals surface area (Å²) in [7, 11) is 0. The highest BCUT2D eigenvalue weighted by molar-refractivity contribution is 6.10. The molecule has 0 aromatic heterocycles. The van der Waals surface area contributed by atoms with Gasteiger partial charge in [0.1, 0.15) is 5.75 Å². The Bertz CT molecular complexity index is 744. The number of hydrogen-bond acceptors (Lipinski definition) is 2. The van der Waals surface area contributed by atoms with Gasteiger partial charge in [-0.1, -0.05) is 48.5 Å². The van der Waals surface area contributed by atoms with Gasteiger partial charge in [0.15, 0.2) is 0 Å². The number of esters is 1. The highest BCUT2D eigenvalue weighted by Crippen LogP contribution is 2.32. The number of fused-ring (bicyclic) bond motifs is 3. The molecule has 0 radical (unpaired) electrons. The Morgan fingerprint density at radius 2 is 1.61 bits per heavy atom. The SMILES string of the molecule is CC(=O)Oc1cccc2ccc3ccccc3c12. The van der Waals surface area contributed by atoms with E-state index in [4.69, 9.17) is 4.74 Å². The van der Waals surface area contributed by atoms with E-state index in [-0.39, 0.29) is 5.97 Å². The van der Waals surface area contributed by atoms with Crippen molar-refractivity contribution in [2.24, 2.45) is 0 Å². The van der Waals surface area contributed by atoms with Crippen LogP contribution in [-0.4, -0.2) is 5.97 Å². The van der Waals surface area contributed by atoms with Gasteiger partial charge in [0.25, 0.3) is 0 Å². The maximum atomic E-state index is 11.2. The summed E-state index contributed by atoms with van der Waals surface area (Å²) in [6, 6.07) is 18.0. The number of rotatable bonds is 1. The number of benzene rings is 3. The van der Waals surface area contributed by atoms with Crippen LogP contribution in [0.25, 0.3) is 21.5 Å². The van der Waals surface area contributed by atoms with E-state index in [9.17, 15) is 4.79 Å². The first-order chi connectivity index (χ1) is 8.75. The van der Waals surface area contributed by atoms with Crippen LogP contribution in [-0.2, 0) is 4.79 Å². The Kier molecular flexibility index (Phi) is 2.49. The molecule has 3 rings (SSSR count). The smallest absolute Gasteiger partial charge is 0.308 e. The minimum absolute atomic E-state index is 0.296. The van der Waals surface area contributed by atoms with Crippen LogP contribution in [0.2, 0.25) is 0 Å². The van der Waals surface area contributed by atoms with Crippen LogP contribution < -0.4 is 4.74 Å². The molecule has 3 aromatic rings. The summed E-state index contributed by atoms with van der Waals surface area (Å²) in [5, 5.41) is 4.31. The van der Waals surface area contributed by atoms with Gasteiger partial charge in [0.2, 0.25) is 0 Å². The van der Waals surface area contributed by atoms with Crippen LogP contribution in [0.5, 0.6) is 5.75 Å². The van der Waals surface area contributed by atoms with Gasteiger partial charge in [-0.3, -0.25) is 4.79 Å². The molecule has 0 N–H and O–H groups in total. The van der Waals surface area contributed by atoms with E-state index >= 15 is 0 Å². The number of carbonyl (C=O) groups excluding carboxylic acids is 1. The third-order valence-electron chi connectivity index (χ3n) is 2.98. The van der Waals surface area contributed by atoms with Crippen LogP contribution in [0.1, 0.15) is 6.92 Å². The van der Waals surface area contributed by atoms with Crippen LogP contribution in [0.4, 0.5) is 0 Å². The largest absolute Gasteiger partial charge is 0.426 e. The fourth-order valence-corrected chi connectivity index (χ4v) is 2.26. The summed E-state index contributed by atoms with van der Waals surface area (Å²) in [6.45, 7) is 1.42. The fraction of sp³-hybridized carbons (Fsp3) is 0.0625. The maximum Gasteiger partial charge on any atom is 0.308 e. The molecule has 0 atom stereocenters. The Balaban J connectivity index is 2.42. The molecule has 0 aliphatic heterocycles. The van der Waals surface area contributed by atoms with E-state index in [2.05, 4.69) is 12.1 Å². The van der Waals surface area contributed by atoms with Crippen molar-refractivity contribution in [2.45, 2.75) is 6.92 Å². The Labute approximate surface area is 105 Å². The van der Waals surface area contributed by atoms with E-state index in [0.29, 0.717) is 5.75 Å². The first-order valence-electron chi connectivity index (χ1n) is 5.84. The summed E-state index contributed by atoms with van der Waals surface area (Å²) in [5.41, 5.74) is 0. The summed E-state index contributed by atoms with van der Waals surface area (Å²) in [5.74, 6) is 0.326. The fourth-order valence-electron chi connectivity index (χ4n) is 2.26. The molecule has 0 fully saturated rings. The van der Waals surface area contributed by atoms with E-state index in [1.54, 1.807) is 0 Å². The number of ether oxygens (including phenoxy) is 1. The first kappa shape index (κ1) is 10.8. The zero-order valence-corrected chi connectivity index (χ0v) is 10.0. The Morgan fingerprint density at radius 3 is 2.44 bits per heavy atom. The van der Waals surface area contributed by atoms with Crippen LogP contribution >= 0.6 is 0 Å². The van der Waals surface area contributed by atoms with Crippen molar-refractivity contribution in [2.75, 3.05) is 0 Å². The zero-order chi connectivity index (χ0) is 12.5. The molecule has 0 bridgehead atoms. The third-order valence-corrected chi connectivity index (χ3v) is 2.98. The Hall–Kier alpha value is -2.35. The lowest BCUT2D eigenvalue weighted by molar-refractivity contribution is -0.131. The van der Waals surface area contributed by atoms with Crippen molar-refractivity contribution in [3.05, 3.63) is 54.6 Å². The lowest BCUT2D eigenvalue weighted by Gasteiger charge is -2.09. The van der Waals surface area contributed by atoms with E-state index < -0.39 is 0 Å². The minimum atomic E-state index is -0.296. The van der Waals surface area contributed by atoms with Gasteiger partial charge in [0.05, 0.1) is 0 Å². The first-order valence-corrected chi connectivity index (χ1v) is 5.84. The van der Waals surface area contributed by atoms with E-state index in [0.717, 1.165) is 21.5 Å². The molecule has 3 aromatic carbocycles. The van der Waals surface area contributed by atoms with Gasteiger partial charge in [-0.05, 0) is 22.2 Å². The van der Waals surface area contributed by atoms with Gasteiger partial charge in [-0.15, -0.1) is 0 Å². The van der Waals surface area contributed by atoms with Crippen molar-refractivity contribution in [1.29, 1.82) is 0 Å². The maximum absolute atomic E-state index is 11.2. The van der Waals surface area contributed by atoms with Crippen molar-refractivity contribution in [3.63, 3.8) is 0 Å². The second-order valence-corrected chi connectivity index (χ2v) is 4.23. The molecule has 18 heavy (non-hydrogen) atoms. The van der Waals surface area contributed by atoms with E-state index in [1.807, 2.05) is 42.5 Å². The van der Waals surface area contributed by atoms with E-state index in [1.165, 1.54) is 6.92 Å². The monoisotopic (exact) mass is 236 g/mol. The lowest BCUT2D eigenvalue weighted by Crippen LogP contribution is -2.01. The van der Waals surface area contributed by atoms with Crippen LogP contribution in [0, 0.1) is 0 Å². The predicted molar refractivity (Wildman–Crippen MR) is 72.8 cm³/mol. The quantitative estimate of drug-likeness (QED) is 0.363. The third kappa shape index (κ3) is 1.72. The van der Waals surface area contributed by atoms with Gasteiger partial charge in [-0.2, -0.15) is 0 Å². The molecule has 0 aliphatic carbocycles. The normalized spacial score (nSPS) is 10.7. The van der Waals surface area contributed by atoms with Crippen molar-refractivity contribution in [3.8, 4) is 5.75 Å². The molecule has 0 heterocycles. The summed E-state index contributed by atoms with van der Waals surface area (Å²) in [4.78, 5) is 11.2. The minimum Gasteiger partial charge on any atom is -0.426 e. The molecular weight excluding hydrogens is 224 g/mol. The lowest BCUT2D eigenvalue weighted by atomic mass is 10.0. The average Bonchev–Trinajstić information content (AvgIpc) is 2.38. The summed E-state index contributed by atoms with van der Waals surface area (Å²) >= 11 is 0. The van der Waals surface area contributed by atoms with Crippen molar-refractivity contribution < 1.29 is 9.53 Å². The molecule has 0 aliphatic rings. The summed E-state index contributed by atoms with van der Waals surface area (Å²) < 4.78 is 5.30. The zero-order valence-electron chi connectivity index (χ0n) is 10.0. The molecule has 0 saturated carbocycles. The second-order valence-electron chi connectivity index (χ2n) is 4.23. The average molecular weight is 236 g/mol. The second kappa shape index (κ2) is 4.15. The van der Waals surface area contributed by atoms with Crippen LogP contribution in [0.15, 0.2) is 54.6 Å². The van der Waals surface area contributed by atoms with Crippen molar-refractivity contribution in [1.82, 2.24) is 0 Å². The molecular formula is C16H12O2. The number of hydrogen-bond donors (Lipinski definition) is 0. The highest BCUT2D eigenvalue weighted by atomic mass is 16.5. The van der Waals surface area contributed by atoms with Crippen LogP contribution in [0.3, 0.4) is 0 Å². The molecule has 0 spiro atoms.